The Bertz CT molecular complexity index is 1080. The lowest BCUT2D eigenvalue weighted by Crippen LogP contribution is -2.36. The van der Waals surface area contributed by atoms with Crippen LogP contribution in [0.2, 0.25) is 5.02 Å². The number of halogens is 1. The van der Waals surface area contributed by atoms with Crippen LogP contribution in [0.15, 0.2) is 52.4 Å². The van der Waals surface area contributed by atoms with Crippen LogP contribution in [0.4, 0.5) is 5.69 Å². The van der Waals surface area contributed by atoms with Crippen LogP contribution in [0.1, 0.15) is 38.7 Å². The largest absolute Gasteiger partial charge is 0.493 e. The van der Waals surface area contributed by atoms with Gasteiger partial charge in [0.1, 0.15) is 0 Å². The Hall–Kier alpha value is -2.48. The first-order valence-corrected chi connectivity index (χ1v) is 12.7. The average Bonchev–Trinajstić information content (AvgIpc) is 3.45. The number of hydrogen-bond donors (Lipinski definition) is 0. The Morgan fingerprint density at radius 1 is 1.32 bits per heavy atom. The van der Waals surface area contributed by atoms with Gasteiger partial charge in [-0.3, -0.25) is 9.69 Å². The maximum absolute atomic E-state index is 13.4. The number of benzene rings is 2. The zero-order valence-electron chi connectivity index (χ0n) is 19.6. The second kappa shape index (κ2) is 11.3. The molecule has 1 amide bonds. The van der Waals surface area contributed by atoms with E-state index in [1.807, 2.05) is 56.3 Å². The fraction of sp³-hybridized carbons (Fsp3) is 0.385. The number of hydrogen-bond acceptors (Lipinski definition) is 6. The molecule has 6 nitrogen and oxygen atoms in total. The van der Waals surface area contributed by atoms with E-state index in [1.54, 1.807) is 18.1 Å². The molecule has 2 fully saturated rings. The molecule has 0 spiro atoms. The van der Waals surface area contributed by atoms with E-state index in [-0.39, 0.29) is 18.1 Å². The van der Waals surface area contributed by atoms with Crippen molar-refractivity contribution >= 4 is 46.2 Å². The first-order chi connectivity index (χ1) is 16.5. The molecule has 180 valence electrons. The Kier molecular flexibility index (Phi) is 8.19. The normalized spacial score (nSPS) is 21.5. The second-order valence-electron chi connectivity index (χ2n) is 8.26. The van der Waals surface area contributed by atoms with Gasteiger partial charge in [0.25, 0.3) is 5.91 Å². The van der Waals surface area contributed by atoms with Crippen molar-refractivity contribution in [3.8, 4) is 11.5 Å². The van der Waals surface area contributed by atoms with Crippen molar-refractivity contribution in [1.29, 1.82) is 0 Å². The van der Waals surface area contributed by atoms with Gasteiger partial charge in [-0.15, -0.1) is 0 Å². The maximum atomic E-state index is 13.4. The van der Waals surface area contributed by atoms with Crippen LogP contribution in [-0.2, 0) is 9.53 Å². The summed E-state index contributed by atoms with van der Waals surface area (Å²) in [5.74, 6) is 0.951. The molecule has 8 heteroatoms. The lowest BCUT2D eigenvalue weighted by atomic mass is 10.1. The standard InChI is InChI=1S/C26H29ClN2O4S/c1-4-17(2)33-24-21(27)13-18(14-22(24)31-3)15-23-25(30)29(16-20-11-8-12-32-20)26(34-23)28-19-9-6-5-7-10-19/h5-7,9-10,13-15,17,20H,4,8,11-12,16H2,1-3H3/b23-15-,28-26?/t17-,20+/m0/s1. The topological polar surface area (TPSA) is 60.4 Å². The van der Waals surface area contributed by atoms with Gasteiger partial charge in [0.15, 0.2) is 16.7 Å². The number of aliphatic imine (C=N–C) groups is 1. The summed E-state index contributed by atoms with van der Waals surface area (Å²) in [5, 5.41) is 1.09. The van der Waals surface area contributed by atoms with Crippen LogP contribution in [0, 0.1) is 0 Å². The number of thioether (sulfide) groups is 1. The molecule has 0 radical (unpaired) electrons. The summed E-state index contributed by atoms with van der Waals surface area (Å²) in [6.07, 6.45) is 4.65. The highest BCUT2D eigenvalue weighted by Crippen LogP contribution is 2.40. The van der Waals surface area contributed by atoms with Crippen molar-refractivity contribution in [2.45, 2.75) is 45.3 Å². The number of para-hydroxylation sites is 1. The third kappa shape index (κ3) is 5.77. The van der Waals surface area contributed by atoms with Gasteiger partial charge in [-0.05, 0) is 73.9 Å². The van der Waals surface area contributed by atoms with Crippen molar-refractivity contribution in [1.82, 2.24) is 4.90 Å². The van der Waals surface area contributed by atoms with Gasteiger partial charge in [-0.1, -0.05) is 36.7 Å². The summed E-state index contributed by atoms with van der Waals surface area (Å²) < 4.78 is 17.3. The summed E-state index contributed by atoms with van der Waals surface area (Å²) in [6, 6.07) is 13.3. The van der Waals surface area contributed by atoms with Crippen LogP contribution in [0.5, 0.6) is 11.5 Å². The third-order valence-corrected chi connectivity index (χ3v) is 7.01. The third-order valence-electron chi connectivity index (χ3n) is 5.72. The minimum Gasteiger partial charge on any atom is -0.493 e. The van der Waals surface area contributed by atoms with Gasteiger partial charge in [0, 0.05) is 6.61 Å². The van der Waals surface area contributed by atoms with Gasteiger partial charge in [-0.25, -0.2) is 4.99 Å². The zero-order chi connectivity index (χ0) is 24.1. The van der Waals surface area contributed by atoms with Crippen LogP contribution in [0.25, 0.3) is 6.08 Å². The van der Waals surface area contributed by atoms with Gasteiger partial charge in [0.05, 0.1) is 41.5 Å². The summed E-state index contributed by atoms with van der Waals surface area (Å²) in [6.45, 7) is 5.25. The SMILES string of the molecule is CC[C@H](C)Oc1c(Cl)cc(/C=C2\SC(=Nc3ccccc3)N(C[C@H]3CCCO3)C2=O)cc1OC. The summed E-state index contributed by atoms with van der Waals surface area (Å²) >= 11 is 7.89. The fourth-order valence-electron chi connectivity index (χ4n) is 3.73. The number of rotatable bonds is 8. The predicted molar refractivity (Wildman–Crippen MR) is 138 cm³/mol. The second-order valence-corrected chi connectivity index (χ2v) is 9.68. The molecule has 4 rings (SSSR count). The molecule has 34 heavy (non-hydrogen) atoms. The number of carbonyl (C=O) groups excluding carboxylic acids is 1. The van der Waals surface area contributed by atoms with Gasteiger partial charge >= 0.3 is 0 Å². The molecule has 0 aromatic heterocycles. The van der Waals surface area contributed by atoms with Crippen molar-refractivity contribution in [2.24, 2.45) is 4.99 Å². The van der Waals surface area contributed by atoms with Crippen molar-refractivity contribution in [2.75, 3.05) is 20.3 Å². The predicted octanol–water partition coefficient (Wildman–Crippen LogP) is 6.31. The van der Waals surface area contributed by atoms with Crippen LogP contribution in [-0.4, -0.2) is 48.4 Å². The van der Waals surface area contributed by atoms with Crippen molar-refractivity contribution < 1.29 is 19.0 Å². The number of amidine groups is 1. The van der Waals surface area contributed by atoms with Crippen LogP contribution >= 0.6 is 23.4 Å². The highest BCUT2D eigenvalue weighted by molar-refractivity contribution is 8.18. The number of carbonyl (C=O) groups is 1. The minimum absolute atomic E-state index is 0.00527. The fourth-order valence-corrected chi connectivity index (χ4v) is 5.00. The molecule has 2 saturated heterocycles. The van der Waals surface area contributed by atoms with Crippen LogP contribution < -0.4 is 9.47 Å². The lowest BCUT2D eigenvalue weighted by molar-refractivity contribution is -0.123. The molecule has 2 heterocycles. The minimum atomic E-state index is -0.0924. The van der Waals surface area contributed by atoms with E-state index in [2.05, 4.69) is 0 Å². The number of amides is 1. The smallest absolute Gasteiger partial charge is 0.266 e. The Morgan fingerprint density at radius 2 is 2.12 bits per heavy atom. The molecule has 2 aliphatic rings. The molecule has 0 unspecified atom stereocenters. The monoisotopic (exact) mass is 500 g/mol. The average molecular weight is 501 g/mol. The highest BCUT2D eigenvalue weighted by Gasteiger charge is 2.36. The highest BCUT2D eigenvalue weighted by atomic mass is 35.5. The van der Waals surface area contributed by atoms with E-state index in [9.17, 15) is 4.79 Å². The molecule has 0 aliphatic carbocycles. The quantitative estimate of drug-likeness (QED) is 0.397. The molecule has 0 saturated carbocycles. The number of nitrogens with zero attached hydrogens (tertiary/aromatic N) is 2. The zero-order valence-corrected chi connectivity index (χ0v) is 21.2. The summed E-state index contributed by atoms with van der Waals surface area (Å²) in [4.78, 5) is 20.4. The first kappa shape index (κ1) is 24.6. The molecular formula is C26H29ClN2O4S. The molecule has 2 aromatic carbocycles. The van der Waals surface area contributed by atoms with Gasteiger partial charge in [0.2, 0.25) is 0 Å². The number of methoxy groups -OCH3 is 1. The van der Waals surface area contributed by atoms with E-state index in [0.29, 0.717) is 33.1 Å². The van der Waals surface area contributed by atoms with E-state index in [1.165, 1.54) is 11.8 Å². The summed E-state index contributed by atoms with van der Waals surface area (Å²) in [5.41, 5.74) is 1.56. The van der Waals surface area contributed by atoms with E-state index < -0.39 is 0 Å². The van der Waals surface area contributed by atoms with E-state index in [4.69, 9.17) is 30.8 Å². The molecule has 0 N–H and O–H groups in total. The van der Waals surface area contributed by atoms with Gasteiger partial charge in [-0.2, -0.15) is 0 Å². The molecular weight excluding hydrogens is 472 g/mol. The Morgan fingerprint density at radius 3 is 2.79 bits per heavy atom. The number of ether oxygens (including phenoxy) is 3. The van der Waals surface area contributed by atoms with Crippen molar-refractivity contribution in [3.05, 3.63) is 58.0 Å². The molecule has 2 aliphatic heterocycles. The molecule has 0 bridgehead atoms. The van der Waals surface area contributed by atoms with Crippen LogP contribution in [0.3, 0.4) is 0 Å². The van der Waals surface area contributed by atoms with E-state index >= 15 is 0 Å². The van der Waals surface area contributed by atoms with Gasteiger partial charge < -0.3 is 14.2 Å². The molecule has 2 aromatic rings. The Labute approximate surface area is 209 Å². The Balaban J connectivity index is 1.65. The maximum Gasteiger partial charge on any atom is 0.266 e. The summed E-state index contributed by atoms with van der Waals surface area (Å²) in [7, 11) is 1.58. The van der Waals surface area contributed by atoms with E-state index in [0.717, 1.165) is 37.1 Å². The first-order valence-electron chi connectivity index (χ1n) is 11.5. The van der Waals surface area contributed by atoms with Crippen molar-refractivity contribution in [3.63, 3.8) is 0 Å². The lowest BCUT2D eigenvalue weighted by Gasteiger charge is -2.19. The molecule has 2 atom stereocenters.